The predicted molar refractivity (Wildman–Crippen MR) is 125 cm³/mol. The number of hydrogen-bond acceptors (Lipinski definition) is 5. The quantitative estimate of drug-likeness (QED) is 0.315. The Kier molecular flexibility index (Phi) is 12.1. The van der Waals surface area contributed by atoms with E-state index in [0.717, 1.165) is 34.6 Å². The van der Waals surface area contributed by atoms with E-state index in [1.165, 1.54) is 0 Å². The number of hydrogen-bond donors (Lipinski definition) is 2. The molecule has 5 nitrogen and oxygen atoms in total. The van der Waals surface area contributed by atoms with Gasteiger partial charge in [0.25, 0.3) is 0 Å². The Labute approximate surface area is 192 Å². The third kappa shape index (κ3) is 8.73. The highest BCUT2D eigenvalue weighted by Crippen LogP contribution is 2.27. The van der Waals surface area contributed by atoms with E-state index in [2.05, 4.69) is 17.0 Å². The summed E-state index contributed by atoms with van der Waals surface area (Å²) in [5.74, 6) is 0. The molecule has 0 amide bonds. The Morgan fingerprint density at radius 3 is 2.53 bits per heavy atom. The van der Waals surface area contributed by atoms with Gasteiger partial charge in [-0.25, -0.2) is 0 Å². The normalized spacial score (nSPS) is 12.3. The number of nitrogens with one attached hydrogen (secondary N) is 2. The van der Waals surface area contributed by atoms with Crippen LogP contribution in [0.4, 0.5) is 0 Å². The molecule has 2 N–H and O–H groups in total. The third-order valence-electron chi connectivity index (χ3n) is 4.31. The molecule has 0 fully saturated rings. The maximum Gasteiger partial charge on any atom is 0.174 e. The third-order valence-corrected chi connectivity index (χ3v) is 6.02. The first-order valence-corrected chi connectivity index (χ1v) is 12.0. The molecule has 0 heterocycles. The van der Waals surface area contributed by atoms with Gasteiger partial charge < -0.3 is 19.3 Å². The van der Waals surface area contributed by atoms with Crippen LogP contribution in [0.15, 0.2) is 41.3 Å². The first-order chi connectivity index (χ1) is 14.5. The monoisotopic (exact) mass is 472 g/mol. The van der Waals surface area contributed by atoms with Crippen molar-refractivity contribution in [2.75, 3.05) is 40.0 Å². The first kappa shape index (κ1) is 25.4. The minimum atomic E-state index is -1.31. The average molecular weight is 473 g/mol. The molecule has 2 aromatic carbocycles. The van der Waals surface area contributed by atoms with Crippen molar-refractivity contribution < 1.29 is 14.0 Å². The van der Waals surface area contributed by atoms with Gasteiger partial charge in [0, 0.05) is 23.2 Å². The smallest absolute Gasteiger partial charge is 0.174 e. The molecule has 0 aromatic heterocycles. The molecule has 2 aromatic rings. The van der Waals surface area contributed by atoms with Crippen LogP contribution in [0.3, 0.4) is 0 Å². The van der Waals surface area contributed by atoms with Gasteiger partial charge in [-0.3, -0.25) is 0 Å². The van der Waals surface area contributed by atoms with Crippen molar-refractivity contribution in [2.45, 2.75) is 31.2 Å². The molecule has 0 aliphatic heterocycles. The van der Waals surface area contributed by atoms with E-state index in [9.17, 15) is 4.55 Å². The second-order valence-electron chi connectivity index (χ2n) is 6.77. The zero-order valence-electron chi connectivity index (χ0n) is 17.5. The topological polar surface area (TPSA) is 65.6 Å². The second kappa shape index (κ2) is 14.3. The molecule has 0 aliphatic carbocycles. The zero-order chi connectivity index (χ0) is 21.8. The maximum absolute atomic E-state index is 12.6. The molecule has 0 bridgehead atoms. The summed E-state index contributed by atoms with van der Waals surface area (Å²) in [4.78, 5) is 0.724. The lowest BCUT2D eigenvalue weighted by Gasteiger charge is -2.14. The summed E-state index contributed by atoms with van der Waals surface area (Å²) in [5, 5.41) is 4.40. The van der Waals surface area contributed by atoms with E-state index in [0.29, 0.717) is 49.4 Å². The largest absolute Gasteiger partial charge is 0.593 e. The van der Waals surface area contributed by atoms with Gasteiger partial charge in [0.2, 0.25) is 0 Å². The van der Waals surface area contributed by atoms with Crippen molar-refractivity contribution in [1.29, 1.82) is 0 Å². The molecule has 0 saturated carbocycles. The Hall–Kier alpha value is -0.830. The summed E-state index contributed by atoms with van der Waals surface area (Å²) in [6, 6.07) is 11.4. The van der Waals surface area contributed by atoms with Crippen LogP contribution in [0.5, 0.6) is 0 Å². The van der Waals surface area contributed by atoms with Crippen LogP contribution in [-0.2, 0) is 33.8 Å². The maximum atomic E-state index is 12.6. The standard InChI is InChI=1S/C22H30Cl2N2O3S/c1-3-8-28-10-11-29-9-7-26-30(27)20-6-4-5-17(13-20)12-18-14-19(23)15-22(24)21(18)16-25-2/h4-6,13-15,25-26H,3,7-12,16H2,1-2H3. The van der Waals surface area contributed by atoms with Crippen molar-refractivity contribution in [3.8, 4) is 0 Å². The molecule has 0 saturated heterocycles. The Morgan fingerprint density at radius 1 is 1.03 bits per heavy atom. The van der Waals surface area contributed by atoms with Crippen molar-refractivity contribution in [1.82, 2.24) is 10.0 Å². The Balaban J connectivity index is 1.90. The molecule has 8 heteroatoms. The molecular weight excluding hydrogens is 443 g/mol. The molecule has 1 unspecified atom stereocenters. The van der Waals surface area contributed by atoms with Gasteiger partial charge in [0.05, 0.1) is 37.7 Å². The fourth-order valence-corrected chi connectivity index (χ4v) is 4.43. The lowest BCUT2D eigenvalue weighted by molar-refractivity contribution is 0.0502. The second-order valence-corrected chi connectivity index (χ2v) is 8.91. The van der Waals surface area contributed by atoms with Gasteiger partial charge in [-0.15, -0.1) is 4.72 Å². The minimum absolute atomic E-state index is 0.481. The van der Waals surface area contributed by atoms with Crippen LogP contribution in [0.1, 0.15) is 30.0 Å². The van der Waals surface area contributed by atoms with Gasteiger partial charge >= 0.3 is 0 Å². The summed E-state index contributed by atoms with van der Waals surface area (Å²) in [5.41, 5.74) is 3.12. The fraction of sp³-hybridized carbons (Fsp3) is 0.455. The van der Waals surface area contributed by atoms with Crippen LogP contribution in [-0.4, -0.2) is 44.6 Å². The van der Waals surface area contributed by atoms with E-state index in [1.54, 1.807) is 6.07 Å². The lowest BCUT2D eigenvalue weighted by atomic mass is 9.99. The number of rotatable bonds is 14. The summed E-state index contributed by atoms with van der Waals surface area (Å²) in [6.45, 7) is 5.58. The predicted octanol–water partition coefficient (Wildman–Crippen LogP) is 4.36. The fourth-order valence-electron chi connectivity index (χ4n) is 2.94. The highest BCUT2D eigenvalue weighted by Gasteiger charge is 2.14. The molecule has 0 aliphatic rings. The van der Waals surface area contributed by atoms with Gasteiger partial charge in [-0.2, -0.15) is 0 Å². The molecule has 0 spiro atoms. The van der Waals surface area contributed by atoms with Crippen LogP contribution >= 0.6 is 23.2 Å². The van der Waals surface area contributed by atoms with Crippen molar-refractivity contribution >= 4 is 34.6 Å². The zero-order valence-corrected chi connectivity index (χ0v) is 19.8. The molecular formula is C22H30Cl2N2O3S. The average Bonchev–Trinajstić information content (AvgIpc) is 2.72. The molecule has 30 heavy (non-hydrogen) atoms. The van der Waals surface area contributed by atoms with E-state index in [4.69, 9.17) is 32.7 Å². The van der Waals surface area contributed by atoms with Crippen LogP contribution in [0.25, 0.3) is 0 Å². The number of halogens is 2. The Bertz CT molecular complexity index is 780. The highest BCUT2D eigenvalue weighted by atomic mass is 35.5. The molecule has 1 atom stereocenters. The molecule has 2 rings (SSSR count). The van der Waals surface area contributed by atoms with Crippen LogP contribution < -0.4 is 10.0 Å². The van der Waals surface area contributed by atoms with Crippen LogP contribution in [0.2, 0.25) is 10.0 Å². The molecule has 0 radical (unpaired) electrons. The van der Waals surface area contributed by atoms with E-state index >= 15 is 0 Å². The van der Waals surface area contributed by atoms with Crippen LogP contribution in [0, 0.1) is 0 Å². The van der Waals surface area contributed by atoms with E-state index in [-0.39, 0.29) is 0 Å². The van der Waals surface area contributed by atoms with Crippen molar-refractivity contribution in [2.24, 2.45) is 0 Å². The number of benzene rings is 2. The summed E-state index contributed by atoms with van der Waals surface area (Å²) < 4.78 is 26.4. The summed E-state index contributed by atoms with van der Waals surface area (Å²) in [7, 11) is 1.88. The van der Waals surface area contributed by atoms with Gasteiger partial charge in [0.1, 0.15) is 0 Å². The lowest BCUT2D eigenvalue weighted by Crippen LogP contribution is -2.28. The Morgan fingerprint density at radius 2 is 1.80 bits per heavy atom. The molecule has 166 valence electrons. The summed E-state index contributed by atoms with van der Waals surface area (Å²) in [6.07, 6.45) is 1.66. The van der Waals surface area contributed by atoms with Gasteiger partial charge in [-0.1, -0.05) is 42.3 Å². The summed E-state index contributed by atoms with van der Waals surface area (Å²) >= 11 is 11.3. The number of ether oxygens (including phenoxy) is 2. The first-order valence-electron chi connectivity index (χ1n) is 10.1. The van der Waals surface area contributed by atoms with Gasteiger partial charge in [0.15, 0.2) is 4.90 Å². The van der Waals surface area contributed by atoms with Gasteiger partial charge in [-0.05, 0) is 60.8 Å². The van der Waals surface area contributed by atoms with E-state index < -0.39 is 11.4 Å². The SMILES string of the molecule is CCCOCCOCCN[S+]([O-])c1cccc(Cc2cc(Cl)cc(Cl)c2CNC)c1. The van der Waals surface area contributed by atoms with Crippen molar-refractivity contribution in [3.05, 3.63) is 63.1 Å². The van der Waals surface area contributed by atoms with E-state index in [1.807, 2.05) is 37.4 Å². The minimum Gasteiger partial charge on any atom is -0.593 e. The highest BCUT2D eigenvalue weighted by molar-refractivity contribution is 7.89. The van der Waals surface area contributed by atoms with Crippen molar-refractivity contribution in [3.63, 3.8) is 0 Å².